The average molecular weight is 519 g/mol. The summed E-state index contributed by atoms with van der Waals surface area (Å²) in [6.07, 6.45) is 11.4. The maximum atomic E-state index is 9.69. The highest BCUT2D eigenvalue weighted by atomic mass is 16.3. The van der Waals surface area contributed by atoms with Crippen LogP contribution in [0.25, 0.3) is 0 Å². The second-order valence-corrected chi connectivity index (χ2v) is 11.8. The first-order valence-corrected chi connectivity index (χ1v) is 15.2. The van der Waals surface area contributed by atoms with Crippen molar-refractivity contribution in [3.8, 4) is 11.5 Å². The third kappa shape index (κ3) is 11.9. The summed E-state index contributed by atoms with van der Waals surface area (Å²) >= 11 is 0. The van der Waals surface area contributed by atoms with E-state index in [2.05, 4.69) is 55.1 Å². The molecule has 1 saturated heterocycles. The molecule has 0 saturated carbocycles. The Morgan fingerprint density at radius 1 is 0.838 bits per heavy atom. The van der Waals surface area contributed by atoms with Crippen molar-refractivity contribution in [2.24, 2.45) is 11.8 Å². The number of nitrogens with zero attached hydrogens (tertiary/aromatic N) is 2. The fraction of sp³-hybridized carbons (Fsp3) is 0.806. The fourth-order valence-corrected chi connectivity index (χ4v) is 5.88. The molecule has 0 bridgehead atoms. The first kappa shape index (κ1) is 31.9. The van der Waals surface area contributed by atoms with Gasteiger partial charge in [0.2, 0.25) is 0 Å². The lowest BCUT2D eigenvalue weighted by molar-refractivity contribution is 0.00520. The lowest BCUT2D eigenvalue weighted by atomic mass is 9.93. The molecule has 37 heavy (non-hydrogen) atoms. The SMILES string of the molecule is CCCCC(CC)CN1CN(CC(CC)CCCC)CC(C)(NCCNCCc2ccc(O)c(O)c2)C1. The molecule has 6 heteroatoms. The van der Waals surface area contributed by atoms with Gasteiger partial charge in [-0.3, -0.25) is 9.80 Å². The van der Waals surface area contributed by atoms with Crippen LogP contribution in [0.2, 0.25) is 0 Å². The number of nitrogens with one attached hydrogen (secondary N) is 2. The number of aromatic hydroxyl groups is 2. The van der Waals surface area contributed by atoms with Crippen LogP contribution >= 0.6 is 0 Å². The summed E-state index contributed by atoms with van der Waals surface area (Å²) in [5.41, 5.74) is 1.12. The van der Waals surface area contributed by atoms with E-state index in [1.165, 1.54) is 64.5 Å². The zero-order valence-electron chi connectivity index (χ0n) is 24.7. The number of unbranched alkanes of at least 4 members (excludes halogenated alkanes) is 2. The molecule has 1 fully saturated rings. The number of benzene rings is 1. The van der Waals surface area contributed by atoms with Crippen molar-refractivity contribution in [2.75, 3.05) is 52.5 Å². The van der Waals surface area contributed by atoms with Crippen molar-refractivity contribution in [1.29, 1.82) is 0 Å². The molecule has 1 aromatic rings. The Hall–Kier alpha value is -1.34. The van der Waals surface area contributed by atoms with Gasteiger partial charge >= 0.3 is 0 Å². The van der Waals surface area contributed by atoms with Crippen LogP contribution < -0.4 is 10.6 Å². The standard InChI is InChI=1S/C31H58N4O2/c1-6-10-12-26(8-3)21-34-23-31(5,24-35(25-34)22-27(9-4)13-11-7-2)33-19-18-32-17-16-28-14-15-29(36)30(37)20-28/h14-15,20,26-27,32-33,36-37H,6-13,16-19,21-25H2,1-5H3. The highest BCUT2D eigenvalue weighted by molar-refractivity contribution is 5.40. The molecule has 214 valence electrons. The van der Waals surface area contributed by atoms with Crippen LogP contribution in [0.15, 0.2) is 18.2 Å². The van der Waals surface area contributed by atoms with Crippen LogP contribution in [0.5, 0.6) is 11.5 Å². The second kappa shape index (κ2) is 17.3. The maximum Gasteiger partial charge on any atom is 0.157 e. The van der Waals surface area contributed by atoms with E-state index in [1.54, 1.807) is 12.1 Å². The molecule has 0 amide bonds. The van der Waals surface area contributed by atoms with Crippen LogP contribution in [0.4, 0.5) is 0 Å². The molecule has 0 aromatic heterocycles. The highest BCUT2D eigenvalue weighted by Crippen LogP contribution is 2.25. The molecule has 0 radical (unpaired) electrons. The number of rotatable bonds is 19. The van der Waals surface area contributed by atoms with Gasteiger partial charge in [-0.15, -0.1) is 0 Å². The first-order valence-electron chi connectivity index (χ1n) is 15.2. The van der Waals surface area contributed by atoms with Gasteiger partial charge in [0.15, 0.2) is 11.5 Å². The minimum atomic E-state index is -0.0593. The Kier molecular flexibility index (Phi) is 14.9. The van der Waals surface area contributed by atoms with Crippen LogP contribution in [-0.4, -0.2) is 78.0 Å². The number of phenolic OH excluding ortho intramolecular Hbond substituents is 2. The second-order valence-electron chi connectivity index (χ2n) is 11.8. The molecule has 1 heterocycles. The van der Waals surface area contributed by atoms with E-state index in [9.17, 15) is 10.2 Å². The fourth-order valence-electron chi connectivity index (χ4n) is 5.88. The number of hydrogen-bond donors (Lipinski definition) is 4. The lowest BCUT2D eigenvalue weighted by Crippen LogP contribution is -2.65. The molecular weight excluding hydrogens is 460 g/mol. The predicted octanol–water partition coefficient (Wildman–Crippen LogP) is 5.59. The summed E-state index contributed by atoms with van der Waals surface area (Å²) in [4.78, 5) is 5.47. The Balaban J connectivity index is 1.89. The zero-order chi connectivity index (χ0) is 27.1. The van der Waals surface area contributed by atoms with E-state index in [4.69, 9.17) is 0 Å². The molecule has 1 aromatic carbocycles. The molecule has 0 aliphatic carbocycles. The van der Waals surface area contributed by atoms with Crippen LogP contribution in [0.3, 0.4) is 0 Å². The summed E-state index contributed by atoms with van der Waals surface area (Å²) in [6, 6.07) is 5.08. The van der Waals surface area contributed by atoms with Crippen molar-refractivity contribution in [3.05, 3.63) is 23.8 Å². The van der Waals surface area contributed by atoms with Crippen molar-refractivity contribution in [1.82, 2.24) is 20.4 Å². The molecule has 1 aliphatic rings. The molecule has 2 rings (SSSR count). The molecule has 1 aliphatic heterocycles. The zero-order valence-corrected chi connectivity index (χ0v) is 24.7. The number of phenols is 2. The van der Waals surface area contributed by atoms with Crippen LogP contribution in [-0.2, 0) is 6.42 Å². The molecule has 0 spiro atoms. The molecule has 4 N–H and O–H groups in total. The van der Waals surface area contributed by atoms with E-state index >= 15 is 0 Å². The molecule has 2 unspecified atom stereocenters. The first-order chi connectivity index (χ1) is 17.8. The van der Waals surface area contributed by atoms with Gasteiger partial charge in [-0.25, -0.2) is 0 Å². The van der Waals surface area contributed by atoms with E-state index in [0.717, 1.165) is 63.2 Å². The summed E-state index contributed by atoms with van der Waals surface area (Å²) in [6.45, 7) is 20.3. The highest BCUT2D eigenvalue weighted by Gasteiger charge is 2.35. The van der Waals surface area contributed by atoms with E-state index < -0.39 is 0 Å². The normalized spacial score (nSPS) is 20.8. The summed E-state index contributed by atoms with van der Waals surface area (Å²) in [5, 5.41) is 26.6. The molecular formula is C31H58N4O2. The van der Waals surface area contributed by atoms with Gasteiger partial charge in [-0.05, 0) is 62.3 Å². The third-order valence-electron chi connectivity index (χ3n) is 8.15. The lowest BCUT2D eigenvalue weighted by Gasteiger charge is -2.48. The Bertz CT molecular complexity index is 718. The Morgan fingerprint density at radius 3 is 1.95 bits per heavy atom. The van der Waals surface area contributed by atoms with Gasteiger partial charge < -0.3 is 20.8 Å². The van der Waals surface area contributed by atoms with Crippen molar-refractivity contribution in [3.63, 3.8) is 0 Å². The van der Waals surface area contributed by atoms with Crippen LogP contribution in [0.1, 0.15) is 91.5 Å². The van der Waals surface area contributed by atoms with Crippen molar-refractivity contribution >= 4 is 0 Å². The van der Waals surface area contributed by atoms with Gasteiger partial charge in [0.1, 0.15) is 0 Å². The smallest absolute Gasteiger partial charge is 0.157 e. The molecule has 6 nitrogen and oxygen atoms in total. The number of hydrogen-bond acceptors (Lipinski definition) is 6. The van der Waals surface area contributed by atoms with Crippen LogP contribution in [0, 0.1) is 11.8 Å². The van der Waals surface area contributed by atoms with Crippen molar-refractivity contribution in [2.45, 2.75) is 97.9 Å². The van der Waals surface area contributed by atoms with Crippen molar-refractivity contribution < 1.29 is 10.2 Å². The summed E-state index contributed by atoms with van der Waals surface area (Å²) < 4.78 is 0. The monoisotopic (exact) mass is 518 g/mol. The summed E-state index contributed by atoms with van der Waals surface area (Å²) in [5.74, 6) is 1.49. The van der Waals surface area contributed by atoms with Gasteiger partial charge in [0.05, 0.1) is 6.67 Å². The predicted molar refractivity (Wildman–Crippen MR) is 157 cm³/mol. The maximum absolute atomic E-state index is 9.69. The minimum Gasteiger partial charge on any atom is -0.504 e. The Morgan fingerprint density at radius 2 is 1.43 bits per heavy atom. The minimum absolute atomic E-state index is 0.0430. The van der Waals surface area contributed by atoms with Gasteiger partial charge in [0.25, 0.3) is 0 Å². The van der Waals surface area contributed by atoms with E-state index in [1.807, 2.05) is 6.07 Å². The van der Waals surface area contributed by atoms with E-state index in [0.29, 0.717) is 0 Å². The summed E-state index contributed by atoms with van der Waals surface area (Å²) in [7, 11) is 0. The Labute approximate surface area is 228 Å². The average Bonchev–Trinajstić information content (AvgIpc) is 2.88. The van der Waals surface area contributed by atoms with E-state index in [-0.39, 0.29) is 17.0 Å². The van der Waals surface area contributed by atoms with Gasteiger partial charge in [-0.1, -0.05) is 72.3 Å². The topological polar surface area (TPSA) is 71.0 Å². The van der Waals surface area contributed by atoms with Gasteiger partial charge in [0, 0.05) is 44.8 Å². The quantitative estimate of drug-likeness (QED) is 0.141. The molecule has 2 atom stereocenters. The van der Waals surface area contributed by atoms with Gasteiger partial charge in [-0.2, -0.15) is 0 Å². The third-order valence-corrected chi connectivity index (χ3v) is 8.15. The largest absolute Gasteiger partial charge is 0.504 e.